The lowest BCUT2D eigenvalue weighted by Gasteiger charge is -2.28. The summed E-state index contributed by atoms with van der Waals surface area (Å²) in [6, 6.07) is 0.145. The molecule has 0 rings (SSSR count). The number of alkyl halides is 1. The van der Waals surface area contributed by atoms with Crippen LogP contribution in [0.25, 0.3) is 0 Å². The van der Waals surface area contributed by atoms with Crippen LogP contribution in [0, 0.1) is 5.41 Å². The number of amides is 1. The SMILES string of the molecule is CC(Cl)C(=O)NC(C)C(C)(C)C. The lowest BCUT2D eigenvalue weighted by atomic mass is 9.88. The van der Waals surface area contributed by atoms with E-state index in [1.807, 2.05) is 6.92 Å². The van der Waals surface area contributed by atoms with E-state index >= 15 is 0 Å². The number of nitrogens with one attached hydrogen (secondary N) is 1. The summed E-state index contributed by atoms with van der Waals surface area (Å²) < 4.78 is 0. The monoisotopic (exact) mass is 191 g/mol. The maximum absolute atomic E-state index is 11.2. The fourth-order valence-electron chi connectivity index (χ4n) is 0.545. The minimum atomic E-state index is -0.449. The molecule has 0 aromatic rings. The van der Waals surface area contributed by atoms with Gasteiger partial charge in [0.15, 0.2) is 0 Å². The molecule has 0 spiro atoms. The first kappa shape index (κ1) is 11.8. The lowest BCUT2D eigenvalue weighted by Crippen LogP contribution is -2.43. The van der Waals surface area contributed by atoms with Gasteiger partial charge in [0, 0.05) is 6.04 Å². The van der Waals surface area contributed by atoms with Gasteiger partial charge in [-0.25, -0.2) is 0 Å². The highest BCUT2D eigenvalue weighted by atomic mass is 35.5. The highest BCUT2D eigenvalue weighted by Gasteiger charge is 2.22. The molecule has 72 valence electrons. The molecule has 0 saturated heterocycles. The second-order valence-corrected chi connectivity index (χ2v) is 4.87. The number of halogens is 1. The molecule has 1 N–H and O–H groups in total. The summed E-state index contributed by atoms with van der Waals surface area (Å²) in [5, 5.41) is 2.40. The van der Waals surface area contributed by atoms with Crippen molar-refractivity contribution in [3.63, 3.8) is 0 Å². The third kappa shape index (κ3) is 3.96. The summed E-state index contributed by atoms with van der Waals surface area (Å²) >= 11 is 5.61. The molecule has 12 heavy (non-hydrogen) atoms. The summed E-state index contributed by atoms with van der Waals surface area (Å²) in [5.41, 5.74) is 0.0848. The molecule has 0 aliphatic rings. The Morgan fingerprint density at radius 3 is 2.00 bits per heavy atom. The highest BCUT2D eigenvalue weighted by molar-refractivity contribution is 6.30. The number of hydrogen-bond acceptors (Lipinski definition) is 1. The van der Waals surface area contributed by atoms with Crippen LogP contribution in [0.1, 0.15) is 34.6 Å². The number of carbonyl (C=O) groups is 1. The van der Waals surface area contributed by atoms with Crippen molar-refractivity contribution >= 4 is 17.5 Å². The Labute approximate surface area is 79.7 Å². The molecule has 1 amide bonds. The van der Waals surface area contributed by atoms with E-state index in [1.54, 1.807) is 6.92 Å². The first-order chi connectivity index (χ1) is 5.25. The van der Waals surface area contributed by atoms with Crippen LogP contribution in [0.4, 0.5) is 0 Å². The van der Waals surface area contributed by atoms with Crippen LogP contribution in [0.2, 0.25) is 0 Å². The van der Waals surface area contributed by atoms with Crippen LogP contribution in [0.15, 0.2) is 0 Å². The largest absolute Gasteiger partial charge is 0.352 e. The maximum atomic E-state index is 11.2. The third-order valence-corrected chi connectivity index (χ3v) is 2.22. The van der Waals surface area contributed by atoms with Gasteiger partial charge in [-0.05, 0) is 19.3 Å². The van der Waals surface area contributed by atoms with E-state index in [1.165, 1.54) is 0 Å². The van der Waals surface area contributed by atoms with Crippen LogP contribution in [0.3, 0.4) is 0 Å². The van der Waals surface area contributed by atoms with Gasteiger partial charge in [-0.3, -0.25) is 4.79 Å². The van der Waals surface area contributed by atoms with Crippen LogP contribution in [-0.2, 0) is 4.79 Å². The zero-order valence-electron chi connectivity index (χ0n) is 8.44. The summed E-state index contributed by atoms with van der Waals surface area (Å²) in [7, 11) is 0. The minimum absolute atomic E-state index is 0.0848. The van der Waals surface area contributed by atoms with E-state index in [4.69, 9.17) is 11.6 Å². The van der Waals surface area contributed by atoms with Crippen molar-refractivity contribution in [3.8, 4) is 0 Å². The van der Waals surface area contributed by atoms with E-state index in [9.17, 15) is 4.79 Å². The molecular formula is C9H18ClNO. The summed E-state index contributed by atoms with van der Waals surface area (Å²) in [5.74, 6) is -0.0981. The number of carbonyl (C=O) groups excluding carboxylic acids is 1. The normalized spacial score (nSPS) is 16.8. The van der Waals surface area contributed by atoms with E-state index in [0.717, 1.165) is 0 Å². The second-order valence-electron chi connectivity index (χ2n) is 4.21. The molecule has 0 aromatic carbocycles. The van der Waals surface area contributed by atoms with Gasteiger partial charge in [0.05, 0.1) is 0 Å². The average molecular weight is 192 g/mol. The van der Waals surface area contributed by atoms with Gasteiger partial charge in [0.25, 0.3) is 0 Å². The molecule has 0 bridgehead atoms. The Morgan fingerprint density at radius 2 is 1.75 bits per heavy atom. The topological polar surface area (TPSA) is 29.1 Å². The molecular weight excluding hydrogens is 174 g/mol. The molecule has 3 heteroatoms. The predicted molar refractivity (Wildman–Crippen MR) is 52.4 cm³/mol. The van der Waals surface area contributed by atoms with Crippen molar-refractivity contribution in [2.24, 2.45) is 5.41 Å². The van der Waals surface area contributed by atoms with Gasteiger partial charge in [0.1, 0.15) is 5.38 Å². The number of hydrogen-bond donors (Lipinski definition) is 1. The maximum Gasteiger partial charge on any atom is 0.237 e. The van der Waals surface area contributed by atoms with Gasteiger partial charge in [0.2, 0.25) is 5.91 Å². The molecule has 0 radical (unpaired) electrons. The molecule has 2 unspecified atom stereocenters. The van der Waals surface area contributed by atoms with Gasteiger partial charge in [-0.15, -0.1) is 11.6 Å². The average Bonchev–Trinajstić information content (AvgIpc) is 1.85. The zero-order valence-corrected chi connectivity index (χ0v) is 9.20. The van der Waals surface area contributed by atoms with Crippen LogP contribution >= 0.6 is 11.6 Å². The molecule has 0 aromatic heterocycles. The van der Waals surface area contributed by atoms with Crippen LogP contribution in [-0.4, -0.2) is 17.3 Å². The molecule has 2 atom stereocenters. The van der Waals surface area contributed by atoms with Gasteiger partial charge >= 0.3 is 0 Å². The summed E-state index contributed by atoms with van der Waals surface area (Å²) in [6.07, 6.45) is 0. The molecule has 2 nitrogen and oxygen atoms in total. The van der Waals surface area contributed by atoms with Crippen molar-refractivity contribution in [1.82, 2.24) is 5.32 Å². The first-order valence-corrected chi connectivity index (χ1v) is 4.63. The van der Waals surface area contributed by atoms with Crippen molar-refractivity contribution in [2.45, 2.75) is 46.0 Å². The second kappa shape index (κ2) is 4.13. The lowest BCUT2D eigenvalue weighted by molar-refractivity contribution is -0.121. The van der Waals surface area contributed by atoms with E-state index in [2.05, 4.69) is 26.1 Å². The third-order valence-electron chi connectivity index (χ3n) is 2.02. The van der Waals surface area contributed by atoms with Crippen LogP contribution in [0.5, 0.6) is 0 Å². The van der Waals surface area contributed by atoms with Crippen molar-refractivity contribution in [2.75, 3.05) is 0 Å². The minimum Gasteiger partial charge on any atom is -0.352 e. The molecule has 0 fully saturated rings. The zero-order chi connectivity index (χ0) is 9.94. The van der Waals surface area contributed by atoms with Gasteiger partial charge in [-0.2, -0.15) is 0 Å². The molecule has 0 heterocycles. The Balaban J connectivity index is 4.02. The standard InChI is InChI=1S/C9H18ClNO/c1-6(10)8(12)11-7(2)9(3,4)5/h6-7H,1-5H3,(H,11,12). The van der Waals surface area contributed by atoms with E-state index in [0.29, 0.717) is 0 Å². The van der Waals surface area contributed by atoms with Gasteiger partial charge < -0.3 is 5.32 Å². The van der Waals surface area contributed by atoms with Crippen LogP contribution < -0.4 is 5.32 Å². The Kier molecular flexibility index (Phi) is 4.04. The molecule has 0 saturated carbocycles. The van der Waals surface area contributed by atoms with E-state index < -0.39 is 5.38 Å². The Hall–Kier alpha value is -0.240. The van der Waals surface area contributed by atoms with Crippen molar-refractivity contribution in [1.29, 1.82) is 0 Å². The fraction of sp³-hybridized carbons (Fsp3) is 0.889. The fourth-order valence-corrected chi connectivity index (χ4v) is 0.608. The Bertz CT molecular complexity index is 160. The summed E-state index contributed by atoms with van der Waals surface area (Å²) in [6.45, 7) is 9.90. The summed E-state index contributed by atoms with van der Waals surface area (Å²) in [4.78, 5) is 11.2. The molecule has 0 aliphatic heterocycles. The van der Waals surface area contributed by atoms with Crippen molar-refractivity contribution < 1.29 is 4.79 Å². The predicted octanol–water partition coefficient (Wildman–Crippen LogP) is 2.16. The van der Waals surface area contributed by atoms with E-state index in [-0.39, 0.29) is 17.4 Å². The Morgan fingerprint density at radius 1 is 1.33 bits per heavy atom. The number of rotatable bonds is 2. The smallest absolute Gasteiger partial charge is 0.237 e. The molecule has 0 aliphatic carbocycles. The van der Waals surface area contributed by atoms with Crippen molar-refractivity contribution in [3.05, 3.63) is 0 Å². The van der Waals surface area contributed by atoms with Gasteiger partial charge in [-0.1, -0.05) is 20.8 Å². The highest BCUT2D eigenvalue weighted by Crippen LogP contribution is 2.18. The quantitative estimate of drug-likeness (QED) is 0.666. The first-order valence-electron chi connectivity index (χ1n) is 4.19.